The van der Waals surface area contributed by atoms with E-state index in [-0.39, 0.29) is 30.3 Å². The molecule has 6 nitrogen and oxygen atoms in total. The molecule has 0 aliphatic carbocycles. The second-order valence-corrected chi connectivity index (χ2v) is 5.90. The van der Waals surface area contributed by atoms with Gasteiger partial charge >= 0.3 is 0 Å². The Labute approximate surface area is 132 Å². The zero-order valence-corrected chi connectivity index (χ0v) is 12.7. The summed E-state index contributed by atoms with van der Waals surface area (Å²) in [7, 11) is 0. The second kappa shape index (κ2) is 6.65. The molecule has 0 bridgehead atoms. The van der Waals surface area contributed by atoms with Crippen molar-refractivity contribution < 1.29 is 14.7 Å². The van der Waals surface area contributed by atoms with Crippen LogP contribution in [0.5, 0.6) is 0 Å². The lowest BCUT2D eigenvalue weighted by Crippen LogP contribution is -2.35. The van der Waals surface area contributed by atoms with Gasteiger partial charge in [0.15, 0.2) is 0 Å². The first-order valence-electron chi connectivity index (χ1n) is 6.41. The third-order valence-corrected chi connectivity index (χ3v) is 4.38. The van der Waals surface area contributed by atoms with Crippen LogP contribution < -0.4 is 16.0 Å². The van der Waals surface area contributed by atoms with Gasteiger partial charge in [0, 0.05) is 17.1 Å². The van der Waals surface area contributed by atoms with Crippen LogP contribution in [0.4, 0.5) is 11.4 Å². The van der Waals surface area contributed by atoms with E-state index in [2.05, 4.69) is 16.0 Å². The van der Waals surface area contributed by atoms with E-state index in [1.54, 1.807) is 6.07 Å². The lowest BCUT2D eigenvalue weighted by Gasteiger charge is -2.18. The van der Waals surface area contributed by atoms with Gasteiger partial charge in [0.2, 0.25) is 11.8 Å². The minimum atomic E-state index is -0.468. The lowest BCUT2D eigenvalue weighted by atomic mass is 10.2. The molecule has 2 unspecified atom stereocenters. The first kappa shape index (κ1) is 16.1. The van der Waals surface area contributed by atoms with E-state index in [1.165, 1.54) is 11.8 Å². The number of fused-ring (bicyclic) bond motifs is 1. The maximum absolute atomic E-state index is 12.0. The zero-order chi connectivity index (χ0) is 14.1. The molecule has 4 N–H and O–H groups in total. The van der Waals surface area contributed by atoms with Gasteiger partial charge in [-0.3, -0.25) is 9.59 Å². The summed E-state index contributed by atoms with van der Waals surface area (Å²) < 4.78 is 0. The summed E-state index contributed by atoms with van der Waals surface area (Å²) in [5, 5.41) is 17.9. The van der Waals surface area contributed by atoms with Gasteiger partial charge in [-0.1, -0.05) is 0 Å². The van der Waals surface area contributed by atoms with Gasteiger partial charge in [0.1, 0.15) is 0 Å². The largest absolute Gasteiger partial charge is 0.392 e. The molecule has 0 radical (unpaired) electrons. The fraction of sp³-hybridized carbons (Fsp3) is 0.385. The SMILES string of the molecule is Cl.O=C1CSc2ccc(NC(=O)C3CC(O)CN3)cc2N1. The quantitative estimate of drug-likeness (QED) is 0.645. The van der Waals surface area contributed by atoms with Gasteiger partial charge in [0.25, 0.3) is 0 Å². The fourth-order valence-corrected chi connectivity index (χ4v) is 3.10. The topological polar surface area (TPSA) is 90.5 Å². The zero-order valence-electron chi connectivity index (χ0n) is 11.1. The summed E-state index contributed by atoms with van der Waals surface area (Å²) in [5.41, 5.74) is 1.36. The van der Waals surface area contributed by atoms with Gasteiger partial charge < -0.3 is 21.1 Å². The molecule has 0 spiro atoms. The number of β-amino-alcohol motifs (C(OH)–C–C–N with tert-alkyl or cyclic N) is 1. The van der Waals surface area contributed by atoms with E-state index in [4.69, 9.17) is 0 Å². The monoisotopic (exact) mass is 329 g/mol. The molecule has 1 aromatic rings. The molecular weight excluding hydrogens is 314 g/mol. The predicted molar refractivity (Wildman–Crippen MR) is 84.1 cm³/mol. The van der Waals surface area contributed by atoms with Crippen LogP contribution in [0.2, 0.25) is 0 Å². The van der Waals surface area contributed by atoms with Crippen molar-refractivity contribution >= 4 is 47.4 Å². The highest BCUT2D eigenvalue weighted by atomic mass is 35.5. The smallest absolute Gasteiger partial charge is 0.241 e. The van der Waals surface area contributed by atoms with Crippen molar-refractivity contribution in [3.05, 3.63) is 18.2 Å². The molecule has 0 aromatic heterocycles. The molecule has 21 heavy (non-hydrogen) atoms. The van der Waals surface area contributed by atoms with Crippen LogP contribution in [-0.2, 0) is 9.59 Å². The van der Waals surface area contributed by atoms with E-state index >= 15 is 0 Å². The number of benzene rings is 1. The number of thioether (sulfide) groups is 1. The Morgan fingerprint density at radius 2 is 2.24 bits per heavy atom. The number of rotatable bonds is 2. The fourth-order valence-electron chi connectivity index (χ4n) is 2.31. The molecule has 2 aliphatic heterocycles. The highest BCUT2D eigenvalue weighted by Gasteiger charge is 2.28. The summed E-state index contributed by atoms with van der Waals surface area (Å²) in [5.74, 6) is 0.214. The minimum Gasteiger partial charge on any atom is -0.392 e. The number of aliphatic hydroxyl groups is 1. The van der Waals surface area contributed by atoms with Crippen LogP contribution in [0, 0.1) is 0 Å². The average Bonchev–Trinajstić information content (AvgIpc) is 2.85. The van der Waals surface area contributed by atoms with E-state index in [0.29, 0.717) is 24.4 Å². The standard InChI is InChI=1S/C13H15N3O3S.ClH/c17-8-4-10(14-5-8)13(19)15-7-1-2-11-9(3-7)16-12(18)6-20-11;/h1-3,8,10,14,17H,4-6H2,(H,15,19)(H,16,18);1H. The molecule has 2 heterocycles. The third-order valence-electron chi connectivity index (χ3n) is 3.30. The van der Waals surface area contributed by atoms with Gasteiger partial charge in [-0.2, -0.15) is 0 Å². The maximum atomic E-state index is 12.0. The van der Waals surface area contributed by atoms with E-state index < -0.39 is 6.10 Å². The highest BCUT2D eigenvalue weighted by molar-refractivity contribution is 8.00. The van der Waals surface area contributed by atoms with Crippen molar-refractivity contribution in [2.75, 3.05) is 22.9 Å². The summed E-state index contributed by atoms with van der Waals surface area (Å²) in [6, 6.07) is 5.08. The summed E-state index contributed by atoms with van der Waals surface area (Å²) in [6.45, 7) is 0.439. The van der Waals surface area contributed by atoms with Crippen LogP contribution in [0.1, 0.15) is 6.42 Å². The van der Waals surface area contributed by atoms with Crippen molar-refractivity contribution in [3.8, 4) is 0 Å². The van der Waals surface area contributed by atoms with Crippen molar-refractivity contribution in [1.29, 1.82) is 0 Å². The second-order valence-electron chi connectivity index (χ2n) is 4.89. The van der Waals surface area contributed by atoms with Crippen molar-refractivity contribution in [1.82, 2.24) is 5.32 Å². The van der Waals surface area contributed by atoms with Gasteiger partial charge in [-0.05, 0) is 24.6 Å². The number of hydrogen-bond donors (Lipinski definition) is 4. The Balaban J connectivity index is 0.00000161. The van der Waals surface area contributed by atoms with Crippen molar-refractivity contribution in [3.63, 3.8) is 0 Å². The molecule has 1 fully saturated rings. The number of hydrogen-bond acceptors (Lipinski definition) is 5. The molecule has 8 heteroatoms. The van der Waals surface area contributed by atoms with Crippen LogP contribution in [-0.4, -0.2) is 41.4 Å². The normalized spacial score (nSPS) is 23.8. The highest BCUT2D eigenvalue weighted by Crippen LogP contribution is 2.33. The molecule has 2 atom stereocenters. The van der Waals surface area contributed by atoms with Crippen molar-refractivity contribution in [2.45, 2.75) is 23.5 Å². The Bertz CT molecular complexity index is 570. The van der Waals surface area contributed by atoms with E-state index in [1.807, 2.05) is 12.1 Å². The number of amides is 2. The number of carbonyl (C=O) groups excluding carboxylic acids is 2. The first-order valence-corrected chi connectivity index (χ1v) is 7.39. The van der Waals surface area contributed by atoms with E-state index in [0.717, 1.165) is 10.6 Å². The minimum absolute atomic E-state index is 0. The van der Waals surface area contributed by atoms with Crippen LogP contribution in [0.15, 0.2) is 23.1 Å². The van der Waals surface area contributed by atoms with Crippen LogP contribution >= 0.6 is 24.2 Å². The van der Waals surface area contributed by atoms with Crippen LogP contribution in [0.25, 0.3) is 0 Å². The number of nitrogens with one attached hydrogen (secondary N) is 3. The Kier molecular flexibility index (Phi) is 5.10. The molecule has 0 saturated carbocycles. The maximum Gasteiger partial charge on any atom is 0.241 e. The average molecular weight is 330 g/mol. The number of carbonyl (C=O) groups is 2. The molecule has 2 amide bonds. The summed E-state index contributed by atoms with van der Waals surface area (Å²) >= 11 is 1.48. The number of aliphatic hydroxyl groups excluding tert-OH is 1. The molecule has 2 aliphatic rings. The van der Waals surface area contributed by atoms with Gasteiger partial charge in [-0.15, -0.1) is 24.2 Å². The van der Waals surface area contributed by atoms with Gasteiger partial charge in [0.05, 0.1) is 23.6 Å². The number of halogens is 1. The third kappa shape index (κ3) is 3.68. The molecular formula is C13H16ClN3O3S. The van der Waals surface area contributed by atoms with Crippen LogP contribution in [0.3, 0.4) is 0 Å². The predicted octanol–water partition coefficient (Wildman–Crippen LogP) is 0.814. The first-order chi connectivity index (χ1) is 9.61. The van der Waals surface area contributed by atoms with E-state index in [9.17, 15) is 14.7 Å². The summed E-state index contributed by atoms with van der Waals surface area (Å²) in [4.78, 5) is 24.4. The molecule has 1 aromatic carbocycles. The number of anilines is 2. The van der Waals surface area contributed by atoms with Gasteiger partial charge in [-0.25, -0.2) is 0 Å². The molecule has 1 saturated heterocycles. The Morgan fingerprint density at radius 3 is 2.95 bits per heavy atom. The summed E-state index contributed by atoms with van der Waals surface area (Å²) in [6.07, 6.45) is -0.0476. The Morgan fingerprint density at radius 1 is 1.43 bits per heavy atom. The molecule has 114 valence electrons. The Hall–Kier alpha value is -1.28. The lowest BCUT2D eigenvalue weighted by molar-refractivity contribution is -0.118. The van der Waals surface area contributed by atoms with Crippen molar-refractivity contribution in [2.24, 2.45) is 0 Å². The molecule has 3 rings (SSSR count).